The number of hydrogen-bond donors (Lipinski definition) is 2. The minimum atomic E-state index is -0.680. The van der Waals surface area contributed by atoms with Crippen LogP contribution in [0.4, 0.5) is 0 Å². The van der Waals surface area contributed by atoms with E-state index in [9.17, 15) is 4.79 Å². The molecule has 0 aromatic carbocycles. The minimum Gasteiger partial charge on any atom is -0.480 e. The van der Waals surface area contributed by atoms with Crippen molar-refractivity contribution in [1.29, 1.82) is 0 Å². The Morgan fingerprint density at radius 1 is 1.23 bits per heavy atom. The molecule has 0 aromatic rings. The van der Waals surface area contributed by atoms with Crippen molar-refractivity contribution < 1.29 is 9.90 Å². The lowest BCUT2D eigenvalue weighted by Gasteiger charge is -2.31. The molecule has 3 nitrogen and oxygen atoms in total. The topological polar surface area (TPSA) is 49.3 Å². The van der Waals surface area contributed by atoms with Gasteiger partial charge in [-0.1, -0.05) is 13.8 Å². The van der Waals surface area contributed by atoms with E-state index in [0.717, 1.165) is 18.8 Å². The van der Waals surface area contributed by atoms with Gasteiger partial charge < -0.3 is 10.4 Å². The number of fused-ring (bicyclic) bond motifs is 1. The molecule has 0 spiro atoms. The van der Waals surface area contributed by atoms with Gasteiger partial charge in [0.05, 0.1) is 0 Å². The zero-order chi connectivity index (χ0) is 8.55. The number of nitrogens with one attached hydrogen (secondary N) is 1. The number of carboxylic acids is 1. The number of carbonyl (C=O) groups is 1. The van der Waals surface area contributed by atoms with Crippen LogP contribution in [0.15, 0.2) is 0 Å². The lowest BCUT2D eigenvalue weighted by atomic mass is 9.90. The first-order valence-electron chi connectivity index (χ1n) is 4.76. The SMILES string of the molecule is C.O=C(O)C1CCC2CCCC2N1. The Hall–Kier alpha value is -0.570. The summed E-state index contributed by atoms with van der Waals surface area (Å²) in [5.41, 5.74) is 0. The molecule has 13 heavy (non-hydrogen) atoms. The van der Waals surface area contributed by atoms with Gasteiger partial charge in [-0.2, -0.15) is 0 Å². The van der Waals surface area contributed by atoms with Crippen LogP contribution in [0.2, 0.25) is 0 Å². The van der Waals surface area contributed by atoms with Crippen LogP contribution in [0, 0.1) is 5.92 Å². The summed E-state index contributed by atoms with van der Waals surface area (Å²) in [7, 11) is 0. The maximum absolute atomic E-state index is 10.7. The molecule has 0 bridgehead atoms. The first-order chi connectivity index (χ1) is 5.77. The summed E-state index contributed by atoms with van der Waals surface area (Å²) in [6, 6.07) is 0.226. The summed E-state index contributed by atoms with van der Waals surface area (Å²) in [5, 5.41) is 12.0. The highest BCUT2D eigenvalue weighted by Crippen LogP contribution is 2.33. The molecule has 1 aliphatic heterocycles. The van der Waals surface area contributed by atoms with Gasteiger partial charge in [0.1, 0.15) is 6.04 Å². The van der Waals surface area contributed by atoms with E-state index < -0.39 is 5.97 Å². The van der Waals surface area contributed by atoms with Crippen molar-refractivity contribution in [1.82, 2.24) is 5.32 Å². The number of rotatable bonds is 1. The van der Waals surface area contributed by atoms with E-state index >= 15 is 0 Å². The van der Waals surface area contributed by atoms with Gasteiger partial charge in [-0.15, -0.1) is 0 Å². The highest BCUT2D eigenvalue weighted by Gasteiger charge is 2.35. The number of carboxylic acid groups (broad SMARTS) is 1. The van der Waals surface area contributed by atoms with E-state index in [1.54, 1.807) is 0 Å². The normalized spacial score (nSPS) is 37.7. The predicted octanol–water partition coefficient (Wildman–Crippen LogP) is 1.63. The summed E-state index contributed by atoms with van der Waals surface area (Å²) < 4.78 is 0. The second-order valence-corrected chi connectivity index (χ2v) is 3.93. The van der Waals surface area contributed by atoms with Crippen molar-refractivity contribution in [2.75, 3.05) is 0 Å². The standard InChI is InChI=1S/C9H15NO2.CH4/c11-9(12)8-5-4-6-2-1-3-7(6)10-8;/h6-8,10H,1-5H2,(H,11,12);1H4. The fraction of sp³-hybridized carbons (Fsp3) is 0.900. The molecule has 2 fully saturated rings. The maximum atomic E-state index is 10.7. The Morgan fingerprint density at radius 2 is 2.00 bits per heavy atom. The predicted molar refractivity (Wildman–Crippen MR) is 51.7 cm³/mol. The van der Waals surface area contributed by atoms with Gasteiger partial charge in [-0.25, -0.2) is 0 Å². The van der Waals surface area contributed by atoms with Crippen molar-refractivity contribution in [3.8, 4) is 0 Å². The van der Waals surface area contributed by atoms with E-state index in [4.69, 9.17) is 5.11 Å². The Bertz CT molecular complexity index is 193. The van der Waals surface area contributed by atoms with Crippen LogP contribution in [0.25, 0.3) is 0 Å². The van der Waals surface area contributed by atoms with Crippen LogP contribution in [-0.2, 0) is 4.79 Å². The van der Waals surface area contributed by atoms with E-state index in [2.05, 4.69) is 5.32 Å². The van der Waals surface area contributed by atoms with Crippen LogP contribution in [-0.4, -0.2) is 23.2 Å². The third-order valence-electron chi connectivity index (χ3n) is 3.20. The Morgan fingerprint density at radius 3 is 2.69 bits per heavy atom. The average Bonchev–Trinajstić information content (AvgIpc) is 2.49. The fourth-order valence-electron chi connectivity index (χ4n) is 2.52. The van der Waals surface area contributed by atoms with Gasteiger partial charge in [0.15, 0.2) is 0 Å². The molecule has 2 N–H and O–H groups in total. The number of hydrogen-bond acceptors (Lipinski definition) is 2. The van der Waals surface area contributed by atoms with Crippen molar-refractivity contribution in [2.45, 2.75) is 51.6 Å². The maximum Gasteiger partial charge on any atom is 0.320 e. The van der Waals surface area contributed by atoms with Gasteiger partial charge >= 0.3 is 5.97 Å². The summed E-state index contributed by atoms with van der Waals surface area (Å²) in [5.74, 6) is 0.0842. The molecule has 76 valence electrons. The van der Waals surface area contributed by atoms with E-state index in [1.165, 1.54) is 19.3 Å². The third kappa shape index (κ3) is 2.02. The zero-order valence-corrected chi connectivity index (χ0v) is 7.12. The smallest absolute Gasteiger partial charge is 0.320 e. The first kappa shape index (κ1) is 10.5. The lowest BCUT2D eigenvalue weighted by molar-refractivity contribution is -0.140. The molecule has 1 saturated heterocycles. The van der Waals surface area contributed by atoms with Gasteiger partial charge in [0, 0.05) is 6.04 Å². The molecule has 0 radical (unpaired) electrons. The monoisotopic (exact) mass is 185 g/mol. The first-order valence-corrected chi connectivity index (χ1v) is 4.76. The third-order valence-corrected chi connectivity index (χ3v) is 3.20. The van der Waals surface area contributed by atoms with E-state index in [1.807, 2.05) is 0 Å². The molecular weight excluding hydrogens is 166 g/mol. The molecule has 0 aromatic heterocycles. The number of aliphatic carboxylic acids is 1. The van der Waals surface area contributed by atoms with Crippen molar-refractivity contribution in [2.24, 2.45) is 5.92 Å². The molecular formula is C10H19NO2. The lowest BCUT2D eigenvalue weighted by Crippen LogP contribution is -2.48. The van der Waals surface area contributed by atoms with Crippen molar-refractivity contribution >= 4 is 5.97 Å². The Kier molecular flexibility index (Phi) is 3.31. The number of piperidine rings is 1. The molecule has 3 heteroatoms. The average molecular weight is 185 g/mol. The molecule has 3 unspecified atom stereocenters. The molecule has 0 amide bonds. The van der Waals surface area contributed by atoms with Crippen molar-refractivity contribution in [3.05, 3.63) is 0 Å². The Labute approximate surface area is 79.5 Å². The summed E-state index contributed by atoms with van der Waals surface area (Å²) in [6.07, 6.45) is 5.66. The van der Waals surface area contributed by atoms with Crippen LogP contribution in [0.5, 0.6) is 0 Å². The summed E-state index contributed by atoms with van der Waals surface area (Å²) in [4.78, 5) is 10.7. The zero-order valence-electron chi connectivity index (χ0n) is 7.12. The summed E-state index contributed by atoms with van der Waals surface area (Å²) >= 11 is 0. The molecule has 1 saturated carbocycles. The van der Waals surface area contributed by atoms with Gasteiger partial charge in [-0.05, 0) is 31.6 Å². The van der Waals surface area contributed by atoms with E-state index in [0.29, 0.717) is 6.04 Å². The van der Waals surface area contributed by atoms with Crippen LogP contribution >= 0.6 is 0 Å². The molecule has 3 atom stereocenters. The second-order valence-electron chi connectivity index (χ2n) is 3.93. The Balaban J connectivity index is 0.000000845. The minimum absolute atomic E-state index is 0. The largest absolute Gasteiger partial charge is 0.480 e. The van der Waals surface area contributed by atoms with Crippen molar-refractivity contribution in [3.63, 3.8) is 0 Å². The van der Waals surface area contributed by atoms with E-state index in [-0.39, 0.29) is 13.5 Å². The summed E-state index contributed by atoms with van der Waals surface area (Å²) in [6.45, 7) is 0. The highest BCUT2D eigenvalue weighted by atomic mass is 16.4. The molecule has 1 heterocycles. The quantitative estimate of drug-likeness (QED) is 0.652. The molecule has 2 rings (SSSR count). The second kappa shape index (κ2) is 4.09. The van der Waals surface area contributed by atoms with Crippen LogP contribution in [0.3, 0.4) is 0 Å². The van der Waals surface area contributed by atoms with Gasteiger partial charge in [0.25, 0.3) is 0 Å². The van der Waals surface area contributed by atoms with Crippen LogP contribution in [0.1, 0.15) is 39.5 Å². The molecule has 1 aliphatic carbocycles. The fourth-order valence-corrected chi connectivity index (χ4v) is 2.52. The van der Waals surface area contributed by atoms with Gasteiger partial charge in [0.2, 0.25) is 0 Å². The highest BCUT2D eigenvalue weighted by molar-refractivity contribution is 5.73. The molecule has 2 aliphatic rings. The van der Waals surface area contributed by atoms with Gasteiger partial charge in [-0.3, -0.25) is 4.79 Å². The van der Waals surface area contributed by atoms with Crippen LogP contribution < -0.4 is 5.32 Å².